The molecule has 0 spiro atoms. The van der Waals surface area contributed by atoms with Crippen LogP contribution in [0.4, 0.5) is 0 Å². The van der Waals surface area contributed by atoms with Gasteiger partial charge >= 0.3 is 0 Å². The number of imidazole rings is 1. The zero-order chi connectivity index (χ0) is 21.4. The van der Waals surface area contributed by atoms with Gasteiger partial charge in [0.05, 0.1) is 17.9 Å². The lowest BCUT2D eigenvalue weighted by Gasteiger charge is -2.34. The van der Waals surface area contributed by atoms with E-state index in [1.54, 1.807) is 32.8 Å². The fourth-order valence-corrected chi connectivity index (χ4v) is 4.78. The van der Waals surface area contributed by atoms with E-state index in [1.165, 1.54) is 0 Å². The molecule has 4 aromatic rings. The van der Waals surface area contributed by atoms with Crippen molar-refractivity contribution in [3.05, 3.63) is 63.4 Å². The number of thiazole rings is 1. The van der Waals surface area contributed by atoms with Gasteiger partial charge in [-0.3, -0.25) is 19.0 Å². The molecule has 10 heteroatoms. The van der Waals surface area contributed by atoms with E-state index in [2.05, 4.69) is 41.0 Å². The van der Waals surface area contributed by atoms with Gasteiger partial charge in [0.25, 0.3) is 5.56 Å². The molecule has 31 heavy (non-hydrogen) atoms. The van der Waals surface area contributed by atoms with Gasteiger partial charge in [0.1, 0.15) is 0 Å². The topological polar surface area (TPSA) is 76.5 Å². The molecule has 4 aromatic heterocycles. The molecule has 5 heterocycles. The molecule has 0 amide bonds. The van der Waals surface area contributed by atoms with Crippen LogP contribution in [0.5, 0.6) is 0 Å². The molecule has 0 aromatic carbocycles. The number of fused-ring (bicyclic) bond motifs is 1. The number of hydrogen-bond acceptors (Lipinski definition) is 7. The van der Waals surface area contributed by atoms with Gasteiger partial charge in [-0.15, -0.1) is 16.4 Å². The molecule has 1 aliphatic rings. The normalized spacial score (nSPS) is 15.8. The predicted octanol–water partition coefficient (Wildman–Crippen LogP) is 1.57. The Hall–Kier alpha value is -2.82. The summed E-state index contributed by atoms with van der Waals surface area (Å²) in [5.41, 5.74) is 2.98. The summed E-state index contributed by atoms with van der Waals surface area (Å²) >= 11 is 1.66. The highest BCUT2D eigenvalue weighted by Crippen LogP contribution is 2.14. The van der Waals surface area contributed by atoms with Gasteiger partial charge in [-0.05, 0) is 26.0 Å². The number of aromatic nitrogens is 6. The molecule has 0 bridgehead atoms. The maximum absolute atomic E-state index is 12.3. The average Bonchev–Trinajstić information content (AvgIpc) is 3.43. The predicted molar refractivity (Wildman–Crippen MR) is 120 cm³/mol. The minimum absolute atomic E-state index is 0.0799. The maximum Gasteiger partial charge on any atom is 0.266 e. The average molecular weight is 439 g/mol. The Labute approximate surface area is 184 Å². The Bertz CT molecular complexity index is 1220. The number of piperazine rings is 1. The highest BCUT2D eigenvalue weighted by molar-refractivity contribution is 7.15. The Balaban J connectivity index is 1.17. The summed E-state index contributed by atoms with van der Waals surface area (Å²) in [5.74, 6) is 0.676. The van der Waals surface area contributed by atoms with E-state index in [0.717, 1.165) is 61.3 Å². The van der Waals surface area contributed by atoms with Crippen LogP contribution in [0.25, 0.3) is 10.8 Å². The third kappa shape index (κ3) is 4.32. The lowest BCUT2D eigenvalue weighted by Crippen LogP contribution is -2.47. The quantitative estimate of drug-likeness (QED) is 0.455. The van der Waals surface area contributed by atoms with Crippen LogP contribution in [-0.2, 0) is 13.1 Å². The molecule has 9 nitrogen and oxygen atoms in total. The van der Waals surface area contributed by atoms with Crippen molar-refractivity contribution in [1.82, 2.24) is 38.7 Å². The van der Waals surface area contributed by atoms with Gasteiger partial charge in [0.15, 0.2) is 10.8 Å². The number of rotatable bonds is 6. The third-order valence-electron chi connectivity index (χ3n) is 5.70. The van der Waals surface area contributed by atoms with Crippen LogP contribution in [0.3, 0.4) is 0 Å². The second-order valence-electron chi connectivity index (χ2n) is 8.03. The van der Waals surface area contributed by atoms with Gasteiger partial charge in [-0.1, -0.05) is 0 Å². The molecule has 0 saturated carbocycles. The standard InChI is InChI=1S/C21H26N8OS/c1-16-13-17(2)29(23-16)19-3-4-20(30)28(24-19)10-9-25-5-7-26(8-6-25)14-18-15-27-11-12-31-21(27)22-18/h3-4,11-13,15H,5-10,14H2,1-2H3. The molecule has 162 valence electrons. The lowest BCUT2D eigenvalue weighted by atomic mass is 10.3. The molecule has 0 aliphatic carbocycles. The van der Waals surface area contributed by atoms with Crippen molar-refractivity contribution in [2.24, 2.45) is 0 Å². The Kier molecular flexibility index (Phi) is 5.43. The van der Waals surface area contributed by atoms with E-state index in [4.69, 9.17) is 0 Å². The van der Waals surface area contributed by atoms with Gasteiger partial charge in [-0.2, -0.15) is 5.10 Å². The first kappa shape index (κ1) is 20.1. The molecule has 0 unspecified atom stereocenters. The van der Waals surface area contributed by atoms with Crippen LogP contribution in [0.15, 0.2) is 40.8 Å². The molecule has 0 radical (unpaired) electrons. The largest absolute Gasteiger partial charge is 0.299 e. The summed E-state index contributed by atoms with van der Waals surface area (Å²) in [4.78, 5) is 22.9. The fourth-order valence-electron chi connectivity index (χ4n) is 4.06. The second-order valence-corrected chi connectivity index (χ2v) is 8.91. The summed E-state index contributed by atoms with van der Waals surface area (Å²) in [6, 6.07) is 5.31. The van der Waals surface area contributed by atoms with Crippen molar-refractivity contribution in [3.8, 4) is 5.82 Å². The summed E-state index contributed by atoms with van der Waals surface area (Å²) < 4.78 is 5.42. The van der Waals surface area contributed by atoms with E-state index in [0.29, 0.717) is 12.4 Å². The minimum Gasteiger partial charge on any atom is -0.299 e. The molecule has 0 atom stereocenters. The van der Waals surface area contributed by atoms with E-state index in [9.17, 15) is 4.79 Å². The van der Waals surface area contributed by atoms with Crippen molar-refractivity contribution >= 4 is 16.3 Å². The van der Waals surface area contributed by atoms with Crippen LogP contribution in [0.1, 0.15) is 17.1 Å². The number of aryl methyl sites for hydroxylation is 2. The fraction of sp³-hybridized carbons (Fsp3) is 0.429. The summed E-state index contributed by atoms with van der Waals surface area (Å²) in [7, 11) is 0. The maximum atomic E-state index is 12.3. The van der Waals surface area contributed by atoms with E-state index in [1.807, 2.05) is 26.1 Å². The second kappa shape index (κ2) is 8.37. The first-order chi connectivity index (χ1) is 15.0. The van der Waals surface area contributed by atoms with E-state index < -0.39 is 0 Å². The highest BCUT2D eigenvalue weighted by Gasteiger charge is 2.18. The van der Waals surface area contributed by atoms with Crippen molar-refractivity contribution in [2.75, 3.05) is 32.7 Å². The molecule has 0 N–H and O–H groups in total. The molecular weight excluding hydrogens is 412 g/mol. The van der Waals surface area contributed by atoms with Crippen LogP contribution in [0, 0.1) is 13.8 Å². The smallest absolute Gasteiger partial charge is 0.266 e. The Morgan fingerprint density at radius 2 is 1.84 bits per heavy atom. The van der Waals surface area contributed by atoms with Crippen molar-refractivity contribution in [2.45, 2.75) is 26.9 Å². The van der Waals surface area contributed by atoms with Crippen LogP contribution in [0.2, 0.25) is 0 Å². The van der Waals surface area contributed by atoms with Crippen molar-refractivity contribution in [1.29, 1.82) is 0 Å². The zero-order valence-electron chi connectivity index (χ0n) is 17.8. The summed E-state index contributed by atoms with van der Waals surface area (Å²) in [6.45, 7) is 10.2. The monoisotopic (exact) mass is 438 g/mol. The first-order valence-electron chi connectivity index (χ1n) is 10.5. The van der Waals surface area contributed by atoms with Crippen LogP contribution in [-0.4, -0.2) is 71.5 Å². The highest BCUT2D eigenvalue weighted by atomic mass is 32.1. The van der Waals surface area contributed by atoms with Crippen LogP contribution >= 0.6 is 11.3 Å². The lowest BCUT2D eigenvalue weighted by molar-refractivity contribution is 0.122. The molecule has 5 rings (SSSR count). The Morgan fingerprint density at radius 1 is 1.03 bits per heavy atom. The van der Waals surface area contributed by atoms with Gasteiger partial charge in [0.2, 0.25) is 0 Å². The molecule has 1 saturated heterocycles. The summed E-state index contributed by atoms with van der Waals surface area (Å²) in [5, 5.41) is 11.1. The van der Waals surface area contributed by atoms with Crippen molar-refractivity contribution in [3.63, 3.8) is 0 Å². The van der Waals surface area contributed by atoms with Crippen LogP contribution < -0.4 is 5.56 Å². The van der Waals surface area contributed by atoms with E-state index >= 15 is 0 Å². The van der Waals surface area contributed by atoms with Gasteiger partial charge < -0.3 is 0 Å². The first-order valence-corrected chi connectivity index (χ1v) is 11.4. The SMILES string of the molecule is Cc1cc(C)n(-c2ccc(=O)n(CCN3CCN(Cc4cn5ccsc5n4)CC3)n2)n1. The number of nitrogens with zero attached hydrogens (tertiary/aromatic N) is 8. The minimum atomic E-state index is -0.0799. The van der Waals surface area contributed by atoms with E-state index in [-0.39, 0.29) is 5.56 Å². The summed E-state index contributed by atoms with van der Waals surface area (Å²) in [6.07, 6.45) is 4.17. The molecule has 1 aliphatic heterocycles. The van der Waals surface area contributed by atoms with Crippen molar-refractivity contribution < 1.29 is 0 Å². The molecular formula is C21H26N8OS. The third-order valence-corrected chi connectivity index (χ3v) is 6.47. The molecule has 1 fully saturated rings. The Morgan fingerprint density at radius 3 is 2.58 bits per heavy atom. The van der Waals surface area contributed by atoms with Gasteiger partial charge in [-0.25, -0.2) is 14.3 Å². The zero-order valence-corrected chi connectivity index (χ0v) is 18.6. The number of hydrogen-bond donors (Lipinski definition) is 0. The van der Waals surface area contributed by atoms with Gasteiger partial charge in [0, 0.05) is 68.8 Å².